The van der Waals surface area contributed by atoms with E-state index >= 15 is 0 Å². The molecule has 2 fully saturated rings. The van der Waals surface area contributed by atoms with Crippen LogP contribution in [0.1, 0.15) is 39.0 Å². The van der Waals surface area contributed by atoms with Crippen LogP contribution in [-0.4, -0.2) is 78.4 Å². The van der Waals surface area contributed by atoms with Gasteiger partial charge >= 0.3 is 5.97 Å². The smallest absolute Gasteiger partial charge is 0.313 e. The molecule has 9 heteroatoms. The predicted octanol–water partition coefficient (Wildman–Crippen LogP) is 2.62. The van der Waals surface area contributed by atoms with Crippen LogP contribution in [0.2, 0.25) is 0 Å². The van der Waals surface area contributed by atoms with E-state index in [0.717, 1.165) is 19.3 Å². The molecule has 2 saturated heterocycles. The Morgan fingerprint density at radius 1 is 1.03 bits per heavy atom. The Kier molecular flexibility index (Phi) is 7.33. The van der Waals surface area contributed by atoms with Crippen molar-refractivity contribution < 1.29 is 33.7 Å². The van der Waals surface area contributed by atoms with E-state index in [0.29, 0.717) is 30.8 Å². The normalized spacial score (nSPS) is 33.8. The number of nitrogens with zero attached hydrogens (tertiary/aromatic N) is 2. The van der Waals surface area contributed by atoms with Crippen LogP contribution >= 0.6 is 0 Å². The lowest BCUT2D eigenvalue weighted by molar-refractivity contribution is -0.158. The van der Waals surface area contributed by atoms with Crippen LogP contribution in [0.5, 0.6) is 5.75 Å². The number of amides is 2. The second-order valence-electron chi connectivity index (χ2n) is 10.6. The highest BCUT2D eigenvalue weighted by atomic mass is 16.6. The van der Waals surface area contributed by atoms with Gasteiger partial charge in [0.2, 0.25) is 5.91 Å². The number of unbranched alkanes of at least 4 members (excludes halogenated alkanes) is 1. The summed E-state index contributed by atoms with van der Waals surface area (Å²) >= 11 is 0. The predicted molar refractivity (Wildman–Crippen MR) is 139 cm³/mol. The summed E-state index contributed by atoms with van der Waals surface area (Å²) in [6.07, 6.45) is 11.0. The molecule has 1 unspecified atom stereocenters. The summed E-state index contributed by atoms with van der Waals surface area (Å²) in [7, 11) is 1.58. The number of likely N-dealkylation sites (tertiary alicyclic amines) is 1. The van der Waals surface area contributed by atoms with Gasteiger partial charge in [0.25, 0.3) is 5.91 Å². The number of rotatable bonds is 6. The zero-order valence-corrected chi connectivity index (χ0v) is 22.0. The van der Waals surface area contributed by atoms with Crippen molar-refractivity contribution in [3.05, 3.63) is 48.6 Å². The van der Waals surface area contributed by atoms with Crippen LogP contribution in [0.4, 0.5) is 5.69 Å². The average molecular weight is 525 g/mol. The second-order valence-corrected chi connectivity index (χ2v) is 10.6. The number of anilines is 1. The first-order valence-electron chi connectivity index (χ1n) is 13.5. The van der Waals surface area contributed by atoms with E-state index in [4.69, 9.17) is 14.2 Å². The highest BCUT2D eigenvalue weighted by Crippen LogP contribution is 2.57. The van der Waals surface area contributed by atoms with E-state index in [1.54, 1.807) is 29.0 Å². The molecule has 0 radical (unpaired) electrons. The van der Waals surface area contributed by atoms with Gasteiger partial charge in [-0.2, -0.15) is 0 Å². The third-order valence-electron chi connectivity index (χ3n) is 8.19. The first kappa shape index (κ1) is 26.4. The van der Waals surface area contributed by atoms with E-state index in [-0.39, 0.29) is 31.6 Å². The molecule has 1 aromatic rings. The number of carbonyl (C=O) groups is 3. The van der Waals surface area contributed by atoms with Crippen LogP contribution in [-0.2, 0) is 23.9 Å². The molecule has 4 aliphatic rings. The fourth-order valence-electron chi connectivity index (χ4n) is 6.43. The summed E-state index contributed by atoms with van der Waals surface area (Å²) in [6.45, 7) is 2.66. The Balaban J connectivity index is 1.60. The summed E-state index contributed by atoms with van der Waals surface area (Å²) in [5.41, 5.74) is -1.76. The van der Waals surface area contributed by atoms with Crippen molar-refractivity contribution in [1.29, 1.82) is 0 Å². The average Bonchev–Trinajstić information content (AvgIpc) is 3.23. The molecular weight excluding hydrogens is 488 g/mol. The van der Waals surface area contributed by atoms with Gasteiger partial charge in [-0.25, -0.2) is 0 Å². The topological polar surface area (TPSA) is 106 Å². The number of aliphatic hydroxyl groups is 1. The standard InChI is InChI=1S/C29H36N2O7/c1-28-14-5-3-4-8-19-37-27(35)23(28)22-25(33)31(16-6-7-18-32)24-26(34)30(17-9-15-29(22,24)38-28)20-10-12-21(36-2)13-11-20/h5,9-15,22-24,32H,3-4,6-8,16-19H2,1-2H3/b14-5-/t22-,23+,24?,28-,29-/m0/s1. The number of methoxy groups -OCH3 is 1. The summed E-state index contributed by atoms with van der Waals surface area (Å²) in [4.78, 5) is 45.2. The number of aliphatic hydroxyl groups excluding tert-OH is 1. The molecule has 2 amide bonds. The molecule has 1 spiro atoms. The van der Waals surface area contributed by atoms with Crippen molar-refractivity contribution in [1.82, 2.24) is 4.90 Å². The molecule has 5 rings (SSSR count). The van der Waals surface area contributed by atoms with E-state index in [1.807, 2.05) is 43.4 Å². The number of carbonyl (C=O) groups excluding carboxylic acids is 3. The number of cyclic esters (lactones) is 1. The minimum atomic E-state index is -1.33. The fraction of sp³-hybridized carbons (Fsp3) is 0.552. The lowest BCUT2D eigenvalue weighted by atomic mass is 9.74. The SMILES string of the molecule is COc1ccc(N2CC=C[C@]34O[C@@]5(C)/C=C\CCCCOC(=O)[C@H]5[C@H]3C(=O)N(CCCCO)C4C2=O)cc1. The maximum atomic E-state index is 14.3. The minimum Gasteiger partial charge on any atom is -0.497 e. The van der Waals surface area contributed by atoms with Crippen molar-refractivity contribution in [2.24, 2.45) is 11.8 Å². The molecular formula is C29H36N2O7. The van der Waals surface area contributed by atoms with E-state index in [1.165, 1.54) is 0 Å². The minimum absolute atomic E-state index is 0.0125. The summed E-state index contributed by atoms with van der Waals surface area (Å²) in [5, 5.41) is 9.37. The lowest BCUT2D eigenvalue weighted by Crippen LogP contribution is -2.56. The van der Waals surface area contributed by atoms with Gasteiger partial charge in [-0.3, -0.25) is 14.4 Å². The number of hydrogen-bond donors (Lipinski definition) is 1. The Morgan fingerprint density at radius 2 is 1.82 bits per heavy atom. The van der Waals surface area contributed by atoms with Crippen LogP contribution in [0.25, 0.3) is 0 Å². The maximum absolute atomic E-state index is 14.3. The molecule has 0 aliphatic carbocycles. The first-order chi connectivity index (χ1) is 18.4. The third kappa shape index (κ3) is 4.31. The van der Waals surface area contributed by atoms with Crippen molar-refractivity contribution in [3.63, 3.8) is 0 Å². The quantitative estimate of drug-likeness (QED) is 0.347. The summed E-state index contributed by atoms with van der Waals surface area (Å²) in [5.74, 6) is -2.16. The number of esters is 1. The molecule has 5 atom stereocenters. The number of allylic oxidation sites excluding steroid dienone is 1. The van der Waals surface area contributed by atoms with Crippen molar-refractivity contribution in [2.75, 3.05) is 38.3 Å². The van der Waals surface area contributed by atoms with Crippen LogP contribution in [0.15, 0.2) is 48.6 Å². The number of ether oxygens (including phenoxy) is 3. The van der Waals surface area contributed by atoms with Crippen LogP contribution in [0.3, 0.4) is 0 Å². The number of benzene rings is 1. The van der Waals surface area contributed by atoms with Crippen LogP contribution < -0.4 is 9.64 Å². The van der Waals surface area contributed by atoms with Crippen molar-refractivity contribution >= 4 is 23.5 Å². The van der Waals surface area contributed by atoms with Crippen molar-refractivity contribution in [2.45, 2.75) is 56.3 Å². The number of fused-ring (bicyclic) bond motifs is 2. The van der Waals surface area contributed by atoms with Gasteiger partial charge in [0, 0.05) is 25.4 Å². The van der Waals surface area contributed by atoms with E-state index in [9.17, 15) is 19.5 Å². The van der Waals surface area contributed by atoms with Gasteiger partial charge in [-0.1, -0.05) is 24.3 Å². The Hall–Kier alpha value is -3.17. The first-order valence-corrected chi connectivity index (χ1v) is 13.5. The van der Waals surface area contributed by atoms with Gasteiger partial charge in [0.15, 0.2) is 0 Å². The molecule has 9 nitrogen and oxygen atoms in total. The van der Waals surface area contributed by atoms with Crippen LogP contribution in [0, 0.1) is 11.8 Å². The number of hydrogen-bond acceptors (Lipinski definition) is 7. The molecule has 0 saturated carbocycles. The largest absolute Gasteiger partial charge is 0.497 e. The Labute approximate surface area is 223 Å². The van der Waals surface area contributed by atoms with Gasteiger partial charge in [0.05, 0.1) is 25.2 Å². The maximum Gasteiger partial charge on any atom is 0.313 e. The van der Waals surface area contributed by atoms with Gasteiger partial charge in [-0.05, 0) is 63.3 Å². The molecule has 4 heterocycles. The monoisotopic (exact) mass is 524 g/mol. The molecule has 1 aromatic carbocycles. The highest BCUT2D eigenvalue weighted by molar-refractivity contribution is 6.05. The third-order valence-corrected chi connectivity index (χ3v) is 8.19. The van der Waals surface area contributed by atoms with Gasteiger partial charge in [0.1, 0.15) is 23.3 Å². The molecule has 0 bridgehead atoms. The highest BCUT2D eigenvalue weighted by Gasteiger charge is 2.74. The second kappa shape index (κ2) is 10.5. The Bertz CT molecular complexity index is 1130. The van der Waals surface area contributed by atoms with E-state index in [2.05, 4.69) is 0 Å². The summed E-state index contributed by atoms with van der Waals surface area (Å²) in [6, 6.07) is 6.23. The molecule has 204 valence electrons. The van der Waals surface area contributed by atoms with Gasteiger partial charge in [-0.15, -0.1) is 0 Å². The Morgan fingerprint density at radius 3 is 2.55 bits per heavy atom. The molecule has 1 N–H and O–H groups in total. The molecule has 38 heavy (non-hydrogen) atoms. The van der Waals surface area contributed by atoms with Gasteiger partial charge < -0.3 is 29.1 Å². The zero-order valence-electron chi connectivity index (χ0n) is 22.0. The molecule has 0 aromatic heterocycles. The summed E-state index contributed by atoms with van der Waals surface area (Å²) < 4.78 is 17.7. The lowest BCUT2D eigenvalue weighted by Gasteiger charge is -2.37. The zero-order chi connectivity index (χ0) is 26.9. The van der Waals surface area contributed by atoms with E-state index < -0.39 is 35.0 Å². The van der Waals surface area contributed by atoms with Crippen molar-refractivity contribution in [3.8, 4) is 5.75 Å². The molecule has 4 aliphatic heterocycles. The fourth-order valence-corrected chi connectivity index (χ4v) is 6.43.